The third kappa shape index (κ3) is 32.0. The number of rotatable bonds is 49. The van der Waals surface area contributed by atoms with Crippen molar-refractivity contribution in [2.24, 2.45) is 52.5 Å². The number of aliphatic hydroxyl groups excluding tert-OH is 1. The smallest absolute Gasteiger partial charge is 0.326 e. The summed E-state index contributed by atoms with van der Waals surface area (Å²) in [7, 11) is 0. The molecule has 0 spiro atoms. The number of hydrogen-bond donors (Lipinski definition) is 19. The number of aliphatic carboxylic acids is 1. The second-order valence-electron chi connectivity index (χ2n) is 29.4. The summed E-state index contributed by atoms with van der Waals surface area (Å²) in [5, 5.41) is 62.2. The first-order valence-corrected chi connectivity index (χ1v) is 37.8. The molecule has 0 saturated carbocycles. The molecular weight excluding hydrogens is 1390 g/mol. The summed E-state index contributed by atoms with van der Waals surface area (Å²) < 4.78 is 0. The second kappa shape index (κ2) is 47.9. The van der Waals surface area contributed by atoms with Crippen LogP contribution in [-0.4, -0.2) is 220 Å². The summed E-state index contributed by atoms with van der Waals surface area (Å²) >= 11 is 0. The molecule has 107 heavy (non-hydrogen) atoms. The van der Waals surface area contributed by atoms with Gasteiger partial charge in [-0.1, -0.05) is 94.2 Å². The zero-order valence-corrected chi connectivity index (χ0v) is 65.1. The average Bonchev–Trinajstić information content (AvgIpc) is 1.81. The van der Waals surface area contributed by atoms with Crippen LogP contribution in [0.4, 0.5) is 0 Å². The van der Waals surface area contributed by atoms with Crippen LogP contribution in [0.3, 0.4) is 0 Å². The van der Waals surface area contributed by atoms with Gasteiger partial charge in [-0.2, -0.15) is 0 Å². The van der Waals surface area contributed by atoms with Gasteiger partial charge in [0.05, 0.1) is 12.1 Å². The van der Waals surface area contributed by atoms with Crippen LogP contribution in [0.25, 0.3) is 0 Å². The van der Waals surface area contributed by atoms with E-state index < -0.39 is 197 Å². The van der Waals surface area contributed by atoms with Gasteiger partial charge in [-0.25, -0.2) is 4.79 Å². The first-order chi connectivity index (χ1) is 50.3. The molecule has 23 N–H and O–H groups in total. The van der Waals surface area contributed by atoms with Crippen LogP contribution in [-0.2, 0) is 73.5 Å². The Hall–Kier alpha value is -8.60. The number of aliphatic hydroxyl groups is 1. The van der Waals surface area contributed by atoms with Crippen molar-refractivity contribution in [2.45, 2.75) is 284 Å². The summed E-state index contributed by atoms with van der Waals surface area (Å²) in [6.45, 7) is 23.5. The Bertz CT molecular complexity index is 3080. The molecule has 1 saturated heterocycles. The lowest BCUT2D eigenvalue weighted by molar-refractivity contribution is -0.144. The number of unbranched alkanes of at least 4 members (excludes halogenated alkanes) is 3. The summed E-state index contributed by atoms with van der Waals surface area (Å²) in [6, 6.07) is -12.2. The molecule has 1 heterocycles. The Kier molecular flexibility index (Phi) is 42.3. The maximum atomic E-state index is 14.6. The minimum absolute atomic E-state index is 0.00991. The highest BCUT2D eigenvalue weighted by atomic mass is 16.4. The summed E-state index contributed by atoms with van der Waals surface area (Å²) in [4.78, 5) is 196. The molecule has 34 heteroatoms. The third-order valence-electron chi connectivity index (χ3n) is 18.9. The molecule has 0 bridgehead atoms. The van der Waals surface area contributed by atoms with Crippen LogP contribution >= 0.6 is 0 Å². The number of carbonyl (C=O) groups is 14. The topological polar surface area (TPSA) is 551 Å². The van der Waals surface area contributed by atoms with Crippen molar-refractivity contribution in [2.75, 3.05) is 26.2 Å². The SMILES string of the molecule is CC[C@H](C)[C@H](NC(=O)[C@H](Cc1ccc(O)cc1)NC(=O)[C@H](C)NC(=O)[C@@H](NC(=O)[C@H](C)NC(=O)[C@H](CCCCN)NC(=O)[C@H](CCCCN)NC(=O)[C@H](CC(C)C)NC(=O)[C@@H](NC(=O)[C@@H](NC(=O)[C@@H](NC(=O)[C@H](CCCCN)NC(=O)[C@@H]1CCCN1C(=O)[C@H](C)N)C(C)C)C(C)C)[C@@H](C)CC)[C@@H](C)O)C(=O)O. The largest absolute Gasteiger partial charge is 0.508 e. The first-order valence-electron chi connectivity index (χ1n) is 37.8. The van der Waals surface area contributed by atoms with Crippen LogP contribution < -0.4 is 86.7 Å². The van der Waals surface area contributed by atoms with Gasteiger partial charge in [-0.15, -0.1) is 0 Å². The number of carbonyl (C=O) groups excluding carboxylic acids is 13. The fourth-order valence-electron chi connectivity index (χ4n) is 11.9. The van der Waals surface area contributed by atoms with E-state index in [-0.39, 0.29) is 56.9 Å². The van der Waals surface area contributed by atoms with Gasteiger partial charge in [0.1, 0.15) is 84.3 Å². The number of nitrogens with one attached hydrogen (secondary N) is 12. The Balaban J connectivity index is 2.37. The molecule has 17 atom stereocenters. The molecular formula is C73H127N17O17. The van der Waals surface area contributed by atoms with Gasteiger partial charge >= 0.3 is 5.97 Å². The van der Waals surface area contributed by atoms with Crippen LogP contribution in [0.5, 0.6) is 5.75 Å². The van der Waals surface area contributed by atoms with E-state index in [0.717, 1.165) is 0 Å². The normalized spacial score (nSPS) is 17.4. The Morgan fingerprint density at radius 2 is 0.813 bits per heavy atom. The van der Waals surface area contributed by atoms with Crippen molar-refractivity contribution in [3.63, 3.8) is 0 Å². The van der Waals surface area contributed by atoms with Crippen molar-refractivity contribution in [1.29, 1.82) is 0 Å². The van der Waals surface area contributed by atoms with Crippen molar-refractivity contribution in [3.05, 3.63) is 29.8 Å². The van der Waals surface area contributed by atoms with Crippen LogP contribution in [0, 0.1) is 29.6 Å². The predicted octanol–water partition coefficient (Wildman–Crippen LogP) is -1.57. The van der Waals surface area contributed by atoms with E-state index >= 15 is 0 Å². The molecule has 1 aromatic rings. The van der Waals surface area contributed by atoms with Gasteiger partial charge in [-0.05, 0) is 172 Å². The number of phenols is 1. The van der Waals surface area contributed by atoms with E-state index in [9.17, 15) is 82.4 Å². The summed E-state index contributed by atoms with van der Waals surface area (Å²) in [6.07, 6.45) is 2.55. The van der Waals surface area contributed by atoms with Crippen LogP contribution in [0.1, 0.15) is 192 Å². The number of amides is 13. The third-order valence-corrected chi connectivity index (χ3v) is 18.9. The molecule has 1 aromatic carbocycles. The van der Waals surface area contributed by atoms with Gasteiger partial charge in [0.25, 0.3) is 0 Å². The van der Waals surface area contributed by atoms with Crippen molar-refractivity contribution in [1.82, 2.24) is 68.7 Å². The van der Waals surface area contributed by atoms with Gasteiger partial charge in [0.15, 0.2) is 0 Å². The average molecular weight is 1510 g/mol. The molecule has 0 aromatic heterocycles. The molecule has 34 nitrogen and oxygen atoms in total. The lowest BCUT2D eigenvalue weighted by atomic mass is 9.95. The molecule has 0 unspecified atom stereocenters. The molecule has 2 rings (SSSR count). The van der Waals surface area contributed by atoms with Crippen molar-refractivity contribution < 1.29 is 82.4 Å². The lowest BCUT2D eigenvalue weighted by Gasteiger charge is -2.32. The summed E-state index contributed by atoms with van der Waals surface area (Å²) in [5.41, 5.74) is 23.8. The highest BCUT2D eigenvalue weighted by molar-refractivity contribution is 6.00. The van der Waals surface area contributed by atoms with Gasteiger partial charge < -0.3 is 107 Å². The monoisotopic (exact) mass is 1510 g/mol. The van der Waals surface area contributed by atoms with E-state index in [1.165, 1.54) is 56.9 Å². The van der Waals surface area contributed by atoms with Crippen molar-refractivity contribution >= 4 is 82.8 Å². The Labute approximate surface area is 629 Å². The second-order valence-corrected chi connectivity index (χ2v) is 29.4. The minimum Gasteiger partial charge on any atom is -0.508 e. The van der Waals surface area contributed by atoms with Gasteiger partial charge in [0.2, 0.25) is 76.8 Å². The zero-order chi connectivity index (χ0) is 81.1. The van der Waals surface area contributed by atoms with E-state index in [1.807, 2.05) is 0 Å². The Morgan fingerprint density at radius 3 is 1.26 bits per heavy atom. The van der Waals surface area contributed by atoms with E-state index in [1.54, 1.807) is 69.2 Å². The molecule has 606 valence electrons. The maximum Gasteiger partial charge on any atom is 0.326 e. The number of phenolic OH excluding ortho intramolecular Hbond substituents is 1. The molecule has 1 aliphatic rings. The number of benzene rings is 1. The van der Waals surface area contributed by atoms with Crippen molar-refractivity contribution in [3.8, 4) is 5.75 Å². The van der Waals surface area contributed by atoms with Gasteiger partial charge in [-0.3, -0.25) is 62.3 Å². The van der Waals surface area contributed by atoms with Gasteiger partial charge in [0, 0.05) is 13.0 Å². The Morgan fingerprint density at radius 1 is 0.449 bits per heavy atom. The minimum atomic E-state index is -1.73. The molecule has 1 fully saturated rings. The van der Waals surface area contributed by atoms with E-state index in [2.05, 4.69) is 63.8 Å². The molecule has 1 aliphatic heterocycles. The maximum absolute atomic E-state index is 14.6. The molecule has 0 radical (unpaired) electrons. The van der Waals surface area contributed by atoms with Crippen LogP contribution in [0.15, 0.2) is 24.3 Å². The standard InChI is InChI=1S/C73H127N17O17/c1-15-41(9)57(87-69(102)56(40(7)8)86-68(101)55(39(5)6)85-64(97)51(26-19-22-34-76)82-67(100)54-27-23-35-90(54)72(105)43(11)77)70(103)84-52(36-38(3)4)65(98)81-50(25-18-21-33-75)63(96)80-49(24-17-20-32-74)62(95)78-45(13)61(94)89-59(46(14)91)71(104)79-44(12)60(93)83-53(37-47-28-30-48(92)31-29-47)66(99)88-58(73(106)107)42(10)16-2/h28-31,38-46,49-59,91-92H,15-27,32-37,74-77H2,1-14H3,(H,78,95)(H,79,104)(H,80,96)(H,81,98)(H,82,100)(H,83,93)(H,84,103)(H,85,97)(H,86,101)(H,87,102)(H,88,99)(H,89,94)(H,106,107)/t41-,42-,43-,44-,45-,46+,49-,50-,51-,52-,53-,54-,55-,56-,57-,58-,59-/m0/s1. The quantitative estimate of drug-likeness (QED) is 0.0328. The molecule has 0 aliphatic carbocycles. The lowest BCUT2D eigenvalue weighted by Crippen LogP contribution is -2.62. The highest BCUT2D eigenvalue weighted by Gasteiger charge is 2.41. The number of aromatic hydroxyl groups is 1. The summed E-state index contributed by atoms with van der Waals surface area (Å²) in [5.74, 6) is -13.9. The highest BCUT2D eigenvalue weighted by Crippen LogP contribution is 2.21. The van der Waals surface area contributed by atoms with Crippen LogP contribution in [0.2, 0.25) is 0 Å². The zero-order valence-electron chi connectivity index (χ0n) is 65.1. The molecule has 13 amide bonds. The fraction of sp³-hybridized carbons (Fsp3) is 0.726. The fourth-order valence-corrected chi connectivity index (χ4v) is 11.9. The number of hydrogen-bond acceptors (Lipinski definition) is 20. The first kappa shape index (κ1) is 94.5. The number of nitrogens with two attached hydrogens (primary N) is 4. The van der Waals surface area contributed by atoms with E-state index in [4.69, 9.17) is 22.9 Å². The number of nitrogens with zero attached hydrogens (tertiary/aromatic N) is 1. The number of carboxylic acid groups (broad SMARTS) is 1. The number of likely N-dealkylation sites (tertiary alicyclic amines) is 1. The number of carboxylic acids is 1. The van der Waals surface area contributed by atoms with E-state index in [0.29, 0.717) is 82.9 Å². The predicted molar refractivity (Wildman–Crippen MR) is 401 cm³/mol.